The van der Waals surface area contributed by atoms with E-state index in [0.29, 0.717) is 0 Å². The molecule has 1 aliphatic carbocycles. The lowest BCUT2D eigenvalue weighted by Gasteiger charge is -2.16. The summed E-state index contributed by atoms with van der Waals surface area (Å²) >= 11 is 0. The third-order valence-electron chi connectivity index (χ3n) is 7.98. The van der Waals surface area contributed by atoms with Crippen LogP contribution in [-0.2, 0) is 0 Å². The van der Waals surface area contributed by atoms with Gasteiger partial charge in [0.25, 0.3) is 0 Å². The number of hydrogen-bond acceptors (Lipinski definition) is 1. The molecule has 0 spiro atoms. The van der Waals surface area contributed by atoms with Crippen molar-refractivity contribution in [1.82, 2.24) is 4.98 Å². The van der Waals surface area contributed by atoms with Crippen LogP contribution in [0.2, 0.25) is 0 Å². The van der Waals surface area contributed by atoms with Crippen molar-refractivity contribution in [3.8, 4) is 33.4 Å². The Balaban J connectivity index is 1.56. The number of nitrogens with zero attached hydrogens (tertiary/aromatic N) is 1. The SMILES string of the molecule is Cc1ccc2c(c1)c(-c1cnc3ccccc3c1)cc1c3ccc(C)c4c3c(cc21)-c1ccccc1-4. The molecule has 0 fully saturated rings. The van der Waals surface area contributed by atoms with Gasteiger partial charge in [-0.25, -0.2) is 0 Å². The molecule has 0 saturated heterocycles. The fourth-order valence-corrected chi connectivity index (χ4v) is 6.32. The average Bonchev–Trinajstić information content (AvgIpc) is 3.25. The smallest absolute Gasteiger partial charge is 0.0702 e. The van der Waals surface area contributed by atoms with Gasteiger partial charge in [0.1, 0.15) is 0 Å². The van der Waals surface area contributed by atoms with E-state index < -0.39 is 0 Å². The van der Waals surface area contributed by atoms with E-state index in [1.807, 2.05) is 12.3 Å². The van der Waals surface area contributed by atoms with Crippen molar-refractivity contribution in [3.05, 3.63) is 114 Å². The third-order valence-corrected chi connectivity index (χ3v) is 7.98. The predicted octanol–water partition coefficient (Wildman–Crippen LogP) is 9.63. The van der Waals surface area contributed by atoms with E-state index in [0.717, 1.165) is 11.1 Å². The normalized spacial score (nSPS) is 12.2. The molecule has 7 aromatic rings. The minimum Gasteiger partial charge on any atom is -0.256 e. The maximum atomic E-state index is 4.81. The van der Waals surface area contributed by atoms with Crippen molar-refractivity contribution in [2.24, 2.45) is 0 Å². The summed E-state index contributed by atoms with van der Waals surface area (Å²) in [5.74, 6) is 0. The second-order valence-electron chi connectivity index (χ2n) is 10.1. The lowest BCUT2D eigenvalue weighted by molar-refractivity contribution is 1.41. The van der Waals surface area contributed by atoms with Crippen LogP contribution in [0.15, 0.2) is 103 Å². The molecular weight excluding hydrogens is 434 g/mol. The largest absolute Gasteiger partial charge is 0.256 e. The van der Waals surface area contributed by atoms with Gasteiger partial charge in [0.05, 0.1) is 5.52 Å². The van der Waals surface area contributed by atoms with E-state index in [1.54, 1.807) is 0 Å². The molecule has 0 unspecified atom stereocenters. The Morgan fingerprint density at radius 3 is 2.19 bits per heavy atom. The van der Waals surface area contributed by atoms with E-state index in [-0.39, 0.29) is 0 Å². The minimum atomic E-state index is 1.03. The Kier molecular flexibility index (Phi) is 3.86. The van der Waals surface area contributed by atoms with E-state index in [2.05, 4.69) is 105 Å². The zero-order valence-corrected chi connectivity index (χ0v) is 20.3. The third kappa shape index (κ3) is 2.58. The van der Waals surface area contributed by atoms with Crippen LogP contribution in [0.1, 0.15) is 11.1 Å². The summed E-state index contributed by atoms with van der Waals surface area (Å²) in [7, 11) is 0. The molecule has 6 aromatic carbocycles. The molecule has 0 bridgehead atoms. The first kappa shape index (κ1) is 19.8. The van der Waals surface area contributed by atoms with Gasteiger partial charge >= 0.3 is 0 Å². The maximum Gasteiger partial charge on any atom is 0.0702 e. The van der Waals surface area contributed by atoms with E-state index in [4.69, 9.17) is 4.98 Å². The lowest BCUT2D eigenvalue weighted by atomic mass is 9.88. The summed E-state index contributed by atoms with van der Waals surface area (Å²) in [6, 6.07) is 35.8. The molecule has 1 heteroatoms. The molecule has 0 N–H and O–H groups in total. The zero-order chi connectivity index (χ0) is 24.0. The fraction of sp³-hybridized carbons (Fsp3) is 0.0571. The molecule has 0 radical (unpaired) electrons. The second-order valence-corrected chi connectivity index (χ2v) is 10.1. The fourth-order valence-electron chi connectivity index (χ4n) is 6.32. The monoisotopic (exact) mass is 457 g/mol. The van der Waals surface area contributed by atoms with Crippen LogP contribution in [0.25, 0.3) is 76.6 Å². The Hall–Kier alpha value is -4.49. The standard InChI is InChI=1S/C35H23N/c1-20-11-13-25-29(15-20)28(23-16-22-7-3-6-10-33(22)36-19-23)17-31-27-14-12-21(2)34-26-9-5-4-8-24(26)32(35(27)34)18-30(25)31/h3-19H,1-2H3. The Morgan fingerprint density at radius 2 is 1.28 bits per heavy atom. The highest BCUT2D eigenvalue weighted by Crippen LogP contribution is 2.52. The van der Waals surface area contributed by atoms with Crippen molar-refractivity contribution < 1.29 is 0 Å². The minimum absolute atomic E-state index is 1.03. The summed E-state index contributed by atoms with van der Waals surface area (Å²) in [6.45, 7) is 4.41. The van der Waals surface area contributed by atoms with E-state index >= 15 is 0 Å². The van der Waals surface area contributed by atoms with Crippen LogP contribution in [0.5, 0.6) is 0 Å². The summed E-state index contributed by atoms with van der Waals surface area (Å²) < 4.78 is 0. The summed E-state index contributed by atoms with van der Waals surface area (Å²) in [5, 5.41) is 9.09. The molecule has 1 nitrogen and oxygen atoms in total. The van der Waals surface area contributed by atoms with Crippen molar-refractivity contribution in [2.45, 2.75) is 13.8 Å². The highest BCUT2D eigenvalue weighted by Gasteiger charge is 2.25. The molecule has 1 heterocycles. The van der Waals surface area contributed by atoms with Crippen LogP contribution >= 0.6 is 0 Å². The zero-order valence-electron chi connectivity index (χ0n) is 20.3. The number of aryl methyl sites for hydroxylation is 2. The summed E-state index contributed by atoms with van der Waals surface area (Å²) in [6.07, 6.45) is 2.03. The quantitative estimate of drug-likeness (QED) is 0.224. The van der Waals surface area contributed by atoms with Crippen molar-refractivity contribution >= 4 is 43.2 Å². The molecule has 1 aliphatic rings. The second kappa shape index (κ2) is 7.02. The molecule has 168 valence electrons. The van der Waals surface area contributed by atoms with Gasteiger partial charge in [-0.05, 0) is 104 Å². The predicted molar refractivity (Wildman–Crippen MR) is 154 cm³/mol. The van der Waals surface area contributed by atoms with Crippen LogP contribution in [-0.4, -0.2) is 4.98 Å². The van der Waals surface area contributed by atoms with Crippen LogP contribution in [0.4, 0.5) is 0 Å². The van der Waals surface area contributed by atoms with Crippen LogP contribution in [0, 0.1) is 13.8 Å². The van der Waals surface area contributed by atoms with E-state index in [1.165, 1.54) is 76.6 Å². The van der Waals surface area contributed by atoms with Gasteiger partial charge in [0.15, 0.2) is 0 Å². The molecule has 0 amide bonds. The van der Waals surface area contributed by atoms with Gasteiger partial charge in [-0.15, -0.1) is 0 Å². The number of benzene rings is 6. The van der Waals surface area contributed by atoms with Crippen LogP contribution in [0.3, 0.4) is 0 Å². The number of pyridine rings is 1. The van der Waals surface area contributed by atoms with Crippen molar-refractivity contribution in [1.29, 1.82) is 0 Å². The molecule has 0 atom stereocenters. The maximum absolute atomic E-state index is 4.81. The highest BCUT2D eigenvalue weighted by molar-refractivity contribution is 6.29. The van der Waals surface area contributed by atoms with Crippen LogP contribution < -0.4 is 0 Å². The van der Waals surface area contributed by atoms with Gasteiger partial charge in [-0.1, -0.05) is 78.4 Å². The molecule has 8 rings (SSSR count). The Labute approximate surface area is 209 Å². The first-order chi connectivity index (χ1) is 17.7. The number of fused-ring (bicyclic) bond motifs is 8. The average molecular weight is 458 g/mol. The molecule has 36 heavy (non-hydrogen) atoms. The summed E-state index contributed by atoms with van der Waals surface area (Å²) in [4.78, 5) is 4.81. The van der Waals surface area contributed by atoms with Crippen molar-refractivity contribution in [2.75, 3.05) is 0 Å². The molecule has 0 aliphatic heterocycles. The Morgan fingerprint density at radius 1 is 0.528 bits per heavy atom. The highest BCUT2D eigenvalue weighted by atomic mass is 14.6. The number of para-hydroxylation sites is 1. The first-order valence-corrected chi connectivity index (χ1v) is 12.6. The molecule has 1 aromatic heterocycles. The van der Waals surface area contributed by atoms with Gasteiger partial charge in [-0.2, -0.15) is 0 Å². The number of hydrogen-bond donors (Lipinski definition) is 0. The van der Waals surface area contributed by atoms with Gasteiger partial charge in [0.2, 0.25) is 0 Å². The van der Waals surface area contributed by atoms with Gasteiger partial charge < -0.3 is 0 Å². The van der Waals surface area contributed by atoms with Gasteiger partial charge in [-0.3, -0.25) is 4.98 Å². The number of aromatic nitrogens is 1. The van der Waals surface area contributed by atoms with Crippen molar-refractivity contribution in [3.63, 3.8) is 0 Å². The Bertz CT molecular complexity index is 2060. The molecule has 0 saturated carbocycles. The lowest BCUT2D eigenvalue weighted by Crippen LogP contribution is -1.90. The van der Waals surface area contributed by atoms with E-state index in [9.17, 15) is 0 Å². The number of rotatable bonds is 1. The molecular formula is C35H23N. The van der Waals surface area contributed by atoms with Gasteiger partial charge in [0, 0.05) is 17.1 Å². The topological polar surface area (TPSA) is 12.9 Å². The first-order valence-electron chi connectivity index (χ1n) is 12.6. The summed E-state index contributed by atoms with van der Waals surface area (Å²) in [5.41, 5.74) is 11.5.